The normalized spacial score (nSPS) is 15.5. The van der Waals surface area contributed by atoms with E-state index in [0.717, 1.165) is 11.8 Å². The Morgan fingerprint density at radius 2 is 2.06 bits per heavy atom. The van der Waals surface area contributed by atoms with Crippen LogP contribution in [0.15, 0.2) is 17.1 Å². The van der Waals surface area contributed by atoms with Gasteiger partial charge in [0.05, 0.1) is 11.4 Å². The quantitative estimate of drug-likeness (QED) is 0.866. The zero-order valence-electron chi connectivity index (χ0n) is 9.75. The Bertz CT molecular complexity index is 551. The van der Waals surface area contributed by atoms with Gasteiger partial charge in [-0.15, -0.1) is 0 Å². The van der Waals surface area contributed by atoms with Gasteiger partial charge in [0.2, 0.25) is 11.3 Å². The van der Waals surface area contributed by atoms with Crippen LogP contribution >= 0.6 is 11.8 Å². The Balaban J connectivity index is 2.11. The molecule has 1 aromatic heterocycles. The summed E-state index contributed by atoms with van der Waals surface area (Å²) in [5.41, 5.74) is -0.0121. The number of thioether (sulfide) groups is 1. The lowest BCUT2D eigenvalue weighted by molar-refractivity contribution is -0.124. The van der Waals surface area contributed by atoms with Gasteiger partial charge in [0.25, 0.3) is 5.24 Å². The maximum absolute atomic E-state index is 11.4. The van der Waals surface area contributed by atoms with Crippen molar-refractivity contribution in [2.45, 2.75) is 13.5 Å². The van der Waals surface area contributed by atoms with Crippen LogP contribution in [0.25, 0.3) is 0 Å². The van der Waals surface area contributed by atoms with Crippen LogP contribution in [0, 0.1) is 6.92 Å². The van der Waals surface area contributed by atoms with E-state index in [0.29, 0.717) is 12.2 Å². The van der Waals surface area contributed by atoms with E-state index in [2.05, 4.69) is 0 Å². The summed E-state index contributed by atoms with van der Waals surface area (Å²) in [5.74, 6) is -0.313. The predicted molar refractivity (Wildman–Crippen MR) is 66.7 cm³/mol. The molecule has 0 aromatic carbocycles. The van der Waals surface area contributed by atoms with Crippen LogP contribution in [0.5, 0.6) is 5.75 Å². The molecule has 2 amide bonds. The number of aromatic hydroxyl groups is 1. The van der Waals surface area contributed by atoms with Crippen molar-refractivity contribution in [3.63, 3.8) is 0 Å². The lowest BCUT2D eigenvalue weighted by Gasteiger charge is -2.16. The monoisotopic (exact) mass is 268 g/mol. The average molecular weight is 268 g/mol. The number of rotatable bonds is 3. The van der Waals surface area contributed by atoms with E-state index in [9.17, 15) is 19.5 Å². The third kappa shape index (κ3) is 2.26. The highest BCUT2D eigenvalue weighted by Gasteiger charge is 2.29. The molecule has 6 nitrogen and oxygen atoms in total. The van der Waals surface area contributed by atoms with Gasteiger partial charge in [-0.25, -0.2) is 0 Å². The van der Waals surface area contributed by atoms with Gasteiger partial charge in [-0.05, 0) is 6.92 Å². The van der Waals surface area contributed by atoms with Crippen molar-refractivity contribution >= 4 is 22.9 Å². The minimum absolute atomic E-state index is 0.188. The summed E-state index contributed by atoms with van der Waals surface area (Å²) in [6, 6.07) is 1.25. The molecule has 1 fully saturated rings. The molecule has 0 saturated carbocycles. The minimum atomic E-state index is -0.437. The summed E-state index contributed by atoms with van der Waals surface area (Å²) in [4.78, 5) is 35.1. The fraction of sp³-hybridized carbons (Fsp3) is 0.364. The van der Waals surface area contributed by atoms with Gasteiger partial charge >= 0.3 is 0 Å². The SMILES string of the molecule is Cc1c(O)c(=O)ccn1CCN1C(=O)CSC1=O. The summed E-state index contributed by atoms with van der Waals surface area (Å²) in [5, 5.41) is 9.25. The molecule has 18 heavy (non-hydrogen) atoms. The molecular formula is C11H12N2O4S. The fourth-order valence-corrected chi connectivity index (χ4v) is 2.46. The van der Waals surface area contributed by atoms with E-state index in [1.165, 1.54) is 17.2 Å². The average Bonchev–Trinajstić information content (AvgIpc) is 2.66. The van der Waals surface area contributed by atoms with Gasteiger partial charge in [0.15, 0.2) is 5.75 Å². The summed E-state index contributed by atoms with van der Waals surface area (Å²) < 4.78 is 1.64. The Hall–Kier alpha value is -1.76. The first-order valence-electron chi connectivity index (χ1n) is 5.37. The van der Waals surface area contributed by atoms with Crippen molar-refractivity contribution in [2.24, 2.45) is 0 Å². The van der Waals surface area contributed by atoms with Gasteiger partial charge in [0, 0.05) is 25.4 Å². The highest BCUT2D eigenvalue weighted by atomic mass is 32.2. The number of hydrogen-bond donors (Lipinski definition) is 1. The number of aromatic nitrogens is 1. The van der Waals surface area contributed by atoms with Crippen molar-refractivity contribution < 1.29 is 14.7 Å². The maximum atomic E-state index is 11.4. The van der Waals surface area contributed by atoms with Crippen LogP contribution in [-0.4, -0.2) is 38.0 Å². The third-order valence-electron chi connectivity index (χ3n) is 2.82. The van der Waals surface area contributed by atoms with E-state index < -0.39 is 5.43 Å². The van der Waals surface area contributed by atoms with Gasteiger partial charge in [-0.1, -0.05) is 11.8 Å². The van der Waals surface area contributed by atoms with Crippen LogP contribution in [0.4, 0.5) is 4.79 Å². The molecule has 0 unspecified atom stereocenters. The summed E-state index contributed by atoms with van der Waals surface area (Å²) in [6.07, 6.45) is 1.54. The molecule has 96 valence electrons. The lowest BCUT2D eigenvalue weighted by Crippen LogP contribution is -2.32. The highest BCUT2D eigenvalue weighted by molar-refractivity contribution is 8.14. The first kappa shape index (κ1) is 12.7. The van der Waals surface area contributed by atoms with E-state index in [1.54, 1.807) is 11.5 Å². The fourth-order valence-electron chi connectivity index (χ4n) is 1.71. The van der Waals surface area contributed by atoms with Crippen LogP contribution in [0.1, 0.15) is 5.69 Å². The molecule has 1 N–H and O–H groups in total. The molecule has 1 saturated heterocycles. The van der Waals surface area contributed by atoms with Gasteiger partial charge in [-0.3, -0.25) is 19.3 Å². The van der Waals surface area contributed by atoms with Crippen molar-refractivity contribution in [1.82, 2.24) is 9.47 Å². The van der Waals surface area contributed by atoms with Crippen molar-refractivity contribution in [3.05, 3.63) is 28.2 Å². The third-order valence-corrected chi connectivity index (χ3v) is 3.68. The summed E-state index contributed by atoms with van der Waals surface area (Å²) in [6.45, 7) is 2.21. The Morgan fingerprint density at radius 1 is 1.33 bits per heavy atom. The smallest absolute Gasteiger partial charge is 0.288 e. The van der Waals surface area contributed by atoms with Gasteiger partial charge < -0.3 is 9.67 Å². The van der Waals surface area contributed by atoms with E-state index in [-0.39, 0.29) is 29.2 Å². The molecule has 0 spiro atoms. The molecule has 0 radical (unpaired) electrons. The van der Waals surface area contributed by atoms with Crippen LogP contribution in [-0.2, 0) is 11.3 Å². The van der Waals surface area contributed by atoms with Gasteiger partial charge in [-0.2, -0.15) is 0 Å². The van der Waals surface area contributed by atoms with E-state index in [4.69, 9.17) is 0 Å². The van der Waals surface area contributed by atoms with E-state index in [1.807, 2.05) is 0 Å². The Labute approximate surface area is 107 Å². The molecule has 7 heteroatoms. The second-order valence-electron chi connectivity index (χ2n) is 3.91. The number of hydrogen-bond acceptors (Lipinski definition) is 5. The predicted octanol–water partition coefficient (Wildman–Crippen LogP) is 0.558. The molecule has 0 bridgehead atoms. The Morgan fingerprint density at radius 3 is 2.67 bits per heavy atom. The Kier molecular flexibility index (Phi) is 3.42. The molecule has 0 atom stereocenters. The standard InChI is InChI=1S/C11H12N2O4S/c1-7-10(16)8(14)2-3-12(7)4-5-13-9(15)6-18-11(13)17/h2-3,16H,4-6H2,1H3. The molecule has 2 rings (SSSR count). The van der Waals surface area contributed by atoms with Crippen LogP contribution < -0.4 is 5.43 Å². The first-order valence-corrected chi connectivity index (χ1v) is 6.35. The van der Waals surface area contributed by atoms with Crippen LogP contribution in [0.3, 0.4) is 0 Å². The maximum Gasteiger partial charge on any atom is 0.288 e. The van der Waals surface area contributed by atoms with Crippen molar-refractivity contribution in [2.75, 3.05) is 12.3 Å². The lowest BCUT2D eigenvalue weighted by atomic mass is 10.3. The van der Waals surface area contributed by atoms with Crippen molar-refractivity contribution in [3.8, 4) is 5.75 Å². The number of nitrogens with zero attached hydrogens (tertiary/aromatic N) is 2. The highest BCUT2D eigenvalue weighted by Crippen LogP contribution is 2.18. The topological polar surface area (TPSA) is 79.6 Å². The van der Waals surface area contributed by atoms with Crippen molar-refractivity contribution in [1.29, 1.82) is 0 Å². The number of pyridine rings is 1. The molecular weight excluding hydrogens is 256 g/mol. The first-order chi connectivity index (χ1) is 8.50. The largest absolute Gasteiger partial charge is 0.503 e. The molecule has 1 aliphatic heterocycles. The molecule has 2 heterocycles. The number of imide groups is 1. The number of carbonyl (C=O) groups excluding carboxylic acids is 2. The molecule has 1 aromatic rings. The second kappa shape index (κ2) is 4.85. The zero-order chi connectivity index (χ0) is 13.3. The number of amides is 2. The zero-order valence-corrected chi connectivity index (χ0v) is 10.6. The van der Waals surface area contributed by atoms with E-state index >= 15 is 0 Å². The number of carbonyl (C=O) groups is 2. The molecule has 0 aliphatic carbocycles. The minimum Gasteiger partial charge on any atom is -0.503 e. The molecule has 1 aliphatic rings. The van der Waals surface area contributed by atoms with Crippen LogP contribution in [0.2, 0.25) is 0 Å². The van der Waals surface area contributed by atoms with Gasteiger partial charge in [0.1, 0.15) is 0 Å². The summed E-state index contributed by atoms with van der Waals surface area (Å²) in [7, 11) is 0. The second-order valence-corrected chi connectivity index (χ2v) is 4.83. The summed E-state index contributed by atoms with van der Waals surface area (Å²) >= 11 is 0.987.